The average molecular weight is 264 g/mol. The first-order valence-corrected chi connectivity index (χ1v) is 7.72. The van der Waals surface area contributed by atoms with Gasteiger partial charge in [0.2, 0.25) is 11.8 Å². The molecule has 19 heavy (non-hydrogen) atoms. The Bertz CT molecular complexity index is 348. The van der Waals surface area contributed by atoms with Gasteiger partial charge in [-0.25, -0.2) is 0 Å². The van der Waals surface area contributed by atoms with Crippen LogP contribution in [0.1, 0.15) is 51.4 Å². The minimum absolute atomic E-state index is 0.0372. The first-order valence-electron chi connectivity index (χ1n) is 7.72. The van der Waals surface area contributed by atoms with Crippen molar-refractivity contribution in [3.05, 3.63) is 0 Å². The van der Waals surface area contributed by atoms with Crippen molar-refractivity contribution in [3.8, 4) is 0 Å². The van der Waals surface area contributed by atoms with E-state index in [9.17, 15) is 9.59 Å². The Morgan fingerprint density at radius 2 is 1.79 bits per heavy atom. The highest BCUT2D eigenvalue weighted by molar-refractivity contribution is 5.98. The van der Waals surface area contributed by atoms with E-state index in [2.05, 4.69) is 5.32 Å². The van der Waals surface area contributed by atoms with Crippen LogP contribution in [0.2, 0.25) is 0 Å². The molecule has 3 fully saturated rings. The zero-order chi connectivity index (χ0) is 13.3. The normalized spacial score (nSPS) is 31.2. The maximum Gasteiger partial charge on any atom is 0.229 e. The second kappa shape index (κ2) is 5.23. The zero-order valence-electron chi connectivity index (χ0n) is 11.6. The zero-order valence-corrected chi connectivity index (χ0v) is 11.6. The molecule has 0 aromatic heterocycles. The second-order valence-corrected chi connectivity index (χ2v) is 6.67. The number of amides is 2. The fourth-order valence-electron chi connectivity index (χ4n) is 4.05. The predicted octanol–water partition coefficient (Wildman–Crippen LogP) is 1.70. The Balaban J connectivity index is 1.63. The number of nitrogens with zero attached hydrogens (tertiary/aromatic N) is 1. The molecule has 4 nitrogen and oxygen atoms in total. The van der Waals surface area contributed by atoms with Crippen LogP contribution in [-0.4, -0.2) is 36.3 Å². The summed E-state index contributed by atoms with van der Waals surface area (Å²) in [6.45, 7) is 2.66. The third kappa shape index (κ3) is 2.69. The maximum atomic E-state index is 12.3. The summed E-state index contributed by atoms with van der Waals surface area (Å²) in [5.41, 5.74) is 0.0372. The minimum atomic E-state index is 0.0372. The lowest BCUT2D eigenvalue weighted by Crippen LogP contribution is -2.50. The number of hydrogen-bond acceptors (Lipinski definition) is 3. The second-order valence-electron chi connectivity index (χ2n) is 6.67. The minimum Gasteiger partial charge on any atom is -0.316 e. The summed E-state index contributed by atoms with van der Waals surface area (Å²) in [6, 6.07) is 0. The Kier molecular flexibility index (Phi) is 3.61. The largest absolute Gasteiger partial charge is 0.316 e. The molecule has 1 aliphatic carbocycles. The summed E-state index contributed by atoms with van der Waals surface area (Å²) in [6.07, 6.45) is 8.03. The summed E-state index contributed by atoms with van der Waals surface area (Å²) in [4.78, 5) is 26.2. The van der Waals surface area contributed by atoms with Crippen molar-refractivity contribution in [2.24, 2.45) is 11.3 Å². The van der Waals surface area contributed by atoms with Gasteiger partial charge >= 0.3 is 0 Å². The summed E-state index contributed by atoms with van der Waals surface area (Å²) >= 11 is 0. The van der Waals surface area contributed by atoms with E-state index in [0.29, 0.717) is 25.3 Å². The topological polar surface area (TPSA) is 49.4 Å². The van der Waals surface area contributed by atoms with Crippen molar-refractivity contribution in [3.63, 3.8) is 0 Å². The molecule has 2 amide bonds. The molecule has 2 saturated heterocycles. The quantitative estimate of drug-likeness (QED) is 0.772. The SMILES string of the molecule is O=C1CC2(CCCC2)CC(=O)N1CC1CCCNC1. The predicted molar refractivity (Wildman–Crippen MR) is 72.4 cm³/mol. The number of carbonyl (C=O) groups is 2. The Hall–Kier alpha value is -0.900. The number of nitrogens with one attached hydrogen (secondary N) is 1. The molecule has 1 unspecified atom stereocenters. The Morgan fingerprint density at radius 1 is 1.11 bits per heavy atom. The van der Waals surface area contributed by atoms with Gasteiger partial charge in [-0.3, -0.25) is 14.5 Å². The van der Waals surface area contributed by atoms with E-state index < -0.39 is 0 Å². The molecule has 106 valence electrons. The van der Waals surface area contributed by atoms with Crippen molar-refractivity contribution < 1.29 is 9.59 Å². The van der Waals surface area contributed by atoms with Crippen molar-refractivity contribution in [2.75, 3.05) is 19.6 Å². The lowest BCUT2D eigenvalue weighted by Gasteiger charge is -2.39. The summed E-state index contributed by atoms with van der Waals surface area (Å²) in [7, 11) is 0. The van der Waals surface area contributed by atoms with Crippen molar-refractivity contribution in [2.45, 2.75) is 51.4 Å². The summed E-state index contributed by atoms with van der Waals surface area (Å²) in [5.74, 6) is 0.631. The summed E-state index contributed by atoms with van der Waals surface area (Å²) < 4.78 is 0. The van der Waals surface area contributed by atoms with Crippen LogP contribution in [0, 0.1) is 11.3 Å². The van der Waals surface area contributed by atoms with Crippen LogP contribution in [0.4, 0.5) is 0 Å². The molecule has 0 bridgehead atoms. The van der Waals surface area contributed by atoms with Gasteiger partial charge in [-0.1, -0.05) is 12.8 Å². The highest BCUT2D eigenvalue weighted by atomic mass is 16.2. The number of imide groups is 1. The molecule has 0 aromatic carbocycles. The highest BCUT2D eigenvalue weighted by Gasteiger charge is 2.45. The van der Waals surface area contributed by atoms with Gasteiger partial charge < -0.3 is 5.32 Å². The number of rotatable bonds is 2. The van der Waals surface area contributed by atoms with Crippen LogP contribution in [0.3, 0.4) is 0 Å². The van der Waals surface area contributed by atoms with Gasteiger partial charge in [0.15, 0.2) is 0 Å². The molecule has 1 spiro atoms. The van der Waals surface area contributed by atoms with Crippen LogP contribution in [-0.2, 0) is 9.59 Å². The van der Waals surface area contributed by atoms with Crippen molar-refractivity contribution in [1.82, 2.24) is 10.2 Å². The van der Waals surface area contributed by atoms with Crippen LogP contribution in [0.5, 0.6) is 0 Å². The number of hydrogen-bond donors (Lipinski definition) is 1. The van der Waals surface area contributed by atoms with E-state index in [1.807, 2.05) is 0 Å². The van der Waals surface area contributed by atoms with Gasteiger partial charge in [-0.05, 0) is 50.1 Å². The van der Waals surface area contributed by atoms with Crippen molar-refractivity contribution >= 4 is 11.8 Å². The van der Waals surface area contributed by atoms with E-state index >= 15 is 0 Å². The summed E-state index contributed by atoms with van der Waals surface area (Å²) in [5, 5.41) is 3.35. The molecule has 3 rings (SSSR count). The number of carbonyl (C=O) groups excluding carboxylic acids is 2. The molecule has 1 saturated carbocycles. The van der Waals surface area contributed by atoms with Crippen LogP contribution in [0.25, 0.3) is 0 Å². The van der Waals surface area contributed by atoms with Crippen LogP contribution < -0.4 is 5.32 Å². The lowest BCUT2D eigenvalue weighted by molar-refractivity contribution is -0.154. The van der Waals surface area contributed by atoms with Gasteiger partial charge in [-0.2, -0.15) is 0 Å². The first kappa shape index (κ1) is 13.1. The van der Waals surface area contributed by atoms with E-state index in [1.165, 1.54) is 12.8 Å². The van der Waals surface area contributed by atoms with Gasteiger partial charge in [0.05, 0.1) is 0 Å². The highest BCUT2D eigenvalue weighted by Crippen LogP contribution is 2.47. The fraction of sp³-hybridized carbons (Fsp3) is 0.867. The number of likely N-dealkylation sites (tertiary alicyclic amines) is 1. The van der Waals surface area contributed by atoms with Crippen molar-refractivity contribution in [1.29, 1.82) is 0 Å². The Morgan fingerprint density at radius 3 is 2.37 bits per heavy atom. The standard InChI is InChI=1S/C15H24N2O2/c18-13-8-15(5-1-2-6-15)9-14(19)17(13)11-12-4-3-7-16-10-12/h12,16H,1-11H2. The molecule has 2 aliphatic heterocycles. The first-order chi connectivity index (χ1) is 9.19. The number of piperidine rings is 2. The molecule has 2 heterocycles. The van der Waals surface area contributed by atoms with Gasteiger partial charge in [0.1, 0.15) is 0 Å². The smallest absolute Gasteiger partial charge is 0.229 e. The van der Waals surface area contributed by atoms with E-state index in [-0.39, 0.29) is 17.2 Å². The molecule has 1 atom stereocenters. The van der Waals surface area contributed by atoms with Crippen LogP contribution in [0.15, 0.2) is 0 Å². The molecule has 4 heteroatoms. The molecular formula is C15H24N2O2. The van der Waals surface area contributed by atoms with E-state index in [1.54, 1.807) is 4.90 Å². The van der Waals surface area contributed by atoms with E-state index in [0.717, 1.165) is 38.8 Å². The van der Waals surface area contributed by atoms with E-state index in [4.69, 9.17) is 0 Å². The molecular weight excluding hydrogens is 240 g/mol. The third-order valence-electron chi connectivity index (χ3n) is 5.16. The monoisotopic (exact) mass is 264 g/mol. The molecule has 0 radical (unpaired) electrons. The molecule has 3 aliphatic rings. The van der Waals surface area contributed by atoms with Gasteiger partial charge in [-0.15, -0.1) is 0 Å². The lowest BCUT2D eigenvalue weighted by atomic mass is 9.76. The van der Waals surface area contributed by atoms with Gasteiger partial charge in [0, 0.05) is 19.4 Å². The fourth-order valence-corrected chi connectivity index (χ4v) is 4.05. The Labute approximate surface area is 114 Å². The van der Waals surface area contributed by atoms with Crippen LogP contribution >= 0.6 is 0 Å². The third-order valence-corrected chi connectivity index (χ3v) is 5.16. The molecule has 1 N–H and O–H groups in total. The maximum absolute atomic E-state index is 12.3. The average Bonchev–Trinajstić information content (AvgIpc) is 2.83. The van der Waals surface area contributed by atoms with Gasteiger partial charge in [0.25, 0.3) is 0 Å². The molecule has 0 aromatic rings.